The van der Waals surface area contributed by atoms with Gasteiger partial charge in [0.1, 0.15) is 0 Å². The summed E-state index contributed by atoms with van der Waals surface area (Å²) in [6, 6.07) is 1.39. The van der Waals surface area contributed by atoms with E-state index in [1.807, 2.05) is 0 Å². The summed E-state index contributed by atoms with van der Waals surface area (Å²) in [4.78, 5) is 29.6. The van der Waals surface area contributed by atoms with Crippen LogP contribution in [0.4, 0.5) is 0 Å². The molecule has 0 unspecified atom stereocenters. The molecule has 0 bridgehead atoms. The second-order valence-corrected chi connectivity index (χ2v) is 7.67. The maximum atomic E-state index is 9.87. The van der Waals surface area contributed by atoms with Crippen LogP contribution in [0.3, 0.4) is 0 Å². The lowest BCUT2D eigenvalue weighted by Gasteiger charge is -1.89. The molecule has 0 aliphatic carbocycles. The van der Waals surface area contributed by atoms with E-state index in [9.17, 15) is 14.4 Å². The van der Waals surface area contributed by atoms with E-state index < -0.39 is 17.9 Å². The summed E-state index contributed by atoms with van der Waals surface area (Å²) in [6.07, 6.45) is 9.83. The van der Waals surface area contributed by atoms with E-state index in [0.29, 0.717) is 19.3 Å². The zero-order chi connectivity index (χ0) is 21.9. The van der Waals surface area contributed by atoms with Crippen molar-refractivity contribution >= 4 is 28.2 Å². The molecule has 0 spiro atoms. The first-order valence-corrected chi connectivity index (χ1v) is 11.8. The Balaban J connectivity index is -0.000000137. The molecule has 0 aromatic carbocycles. The van der Waals surface area contributed by atoms with Gasteiger partial charge in [-0.05, 0) is 19.3 Å². The van der Waals surface area contributed by atoms with Crippen LogP contribution in [-0.2, 0) is 14.4 Å². The molecule has 0 aliphatic heterocycles. The SMILES string of the molecule is CCCCCC(=O)O.CCCCCC(=O)O.CCCCCC(=O)O.CC[SiH3]. The molecular weight excluding hydrogens is 364 g/mol. The fraction of sp³-hybridized carbons (Fsp3) is 0.850. The number of carboxylic acids is 3. The fourth-order valence-electron chi connectivity index (χ4n) is 1.58. The number of carboxylic acid groups (broad SMARTS) is 3. The molecule has 0 rings (SSSR count). The lowest BCUT2D eigenvalue weighted by atomic mass is 10.2. The van der Waals surface area contributed by atoms with E-state index in [1.165, 1.54) is 16.3 Å². The average molecular weight is 409 g/mol. The Morgan fingerprint density at radius 2 is 0.741 bits per heavy atom. The topological polar surface area (TPSA) is 112 Å². The van der Waals surface area contributed by atoms with Crippen LogP contribution < -0.4 is 0 Å². The second kappa shape index (κ2) is 32.3. The molecule has 0 saturated heterocycles. The summed E-state index contributed by atoms with van der Waals surface area (Å²) in [5, 5.41) is 24.4. The van der Waals surface area contributed by atoms with Crippen molar-refractivity contribution in [2.24, 2.45) is 0 Å². The van der Waals surface area contributed by atoms with Crippen molar-refractivity contribution < 1.29 is 29.7 Å². The predicted molar refractivity (Wildman–Crippen MR) is 116 cm³/mol. The Labute approximate surface area is 169 Å². The Hall–Kier alpha value is -1.37. The van der Waals surface area contributed by atoms with Crippen molar-refractivity contribution in [3.05, 3.63) is 0 Å². The average Bonchev–Trinajstić information content (AvgIpc) is 2.57. The highest BCUT2D eigenvalue weighted by molar-refractivity contribution is 6.08. The summed E-state index contributed by atoms with van der Waals surface area (Å²) in [7, 11) is 1.37. The first-order chi connectivity index (χ1) is 12.7. The van der Waals surface area contributed by atoms with Crippen LogP contribution in [0, 0.1) is 0 Å². The highest BCUT2D eigenvalue weighted by atomic mass is 28.1. The van der Waals surface area contributed by atoms with Crippen molar-refractivity contribution in [3.8, 4) is 0 Å². The van der Waals surface area contributed by atoms with Gasteiger partial charge in [0.15, 0.2) is 0 Å². The van der Waals surface area contributed by atoms with Gasteiger partial charge < -0.3 is 15.3 Å². The fourth-order valence-corrected chi connectivity index (χ4v) is 1.58. The molecule has 7 heteroatoms. The summed E-state index contributed by atoms with van der Waals surface area (Å²) in [5.41, 5.74) is 0. The number of carbonyl (C=O) groups is 3. The largest absolute Gasteiger partial charge is 0.481 e. The van der Waals surface area contributed by atoms with Crippen molar-refractivity contribution in [1.29, 1.82) is 0 Å². The van der Waals surface area contributed by atoms with Crippen molar-refractivity contribution in [3.63, 3.8) is 0 Å². The zero-order valence-corrected chi connectivity index (χ0v) is 20.3. The molecule has 3 N–H and O–H groups in total. The van der Waals surface area contributed by atoms with Crippen molar-refractivity contribution in [2.45, 2.75) is 111 Å². The molecule has 0 radical (unpaired) electrons. The highest BCUT2D eigenvalue weighted by Crippen LogP contribution is 1.98. The summed E-state index contributed by atoms with van der Waals surface area (Å²) in [6.45, 7) is 8.36. The van der Waals surface area contributed by atoms with E-state index >= 15 is 0 Å². The van der Waals surface area contributed by atoms with Gasteiger partial charge >= 0.3 is 17.9 Å². The molecule has 0 fully saturated rings. The lowest BCUT2D eigenvalue weighted by molar-refractivity contribution is -0.138. The van der Waals surface area contributed by atoms with Crippen LogP contribution in [-0.4, -0.2) is 43.5 Å². The molecule has 0 aromatic rings. The summed E-state index contributed by atoms with van der Waals surface area (Å²) in [5.74, 6) is -2.05. The normalized spacial score (nSPS) is 8.89. The summed E-state index contributed by atoms with van der Waals surface area (Å²) >= 11 is 0. The smallest absolute Gasteiger partial charge is 0.303 e. The van der Waals surface area contributed by atoms with Gasteiger partial charge in [0.05, 0.1) is 0 Å². The maximum Gasteiger partial charge on any atom is 0.303 e. The van der Waals surface area contributed by atoms with Crippen LogP contribution in [0.2, 0.25) is 6.04 Å². The summed E-state index contributed by atoms with van der Waals surface area (Å²) < 4.78 is 0. The Morgan fingerprint density at radius 3 is 0.852 bits per heavy atom. The van der Waals surface area contributed by atoms with E-state index in [4.69, 9.17) is 15.3 Å². The highest BCUT2D eigenvalue weighted by Gasteiger charge is 1.94. The monoisotopic (exact) mass is 408 g/mol. The van der Waals surface area contributed by atoms with Crippen LogP contribution in [0.1, 0.15) is 105 Å². The molecule has 0 saturated carbocycles. The number of hydrogen-bond donors (Lipinski definition) is 3. The van der Waals surface area contributed by atoms with Gasteiger partial charge in [0.25, 0.3) is 0 Å². The van der Waals surface area contributed by atoms with Gasteiger partial charge in [-0.15, -0.1) is 0 Å². The van der Waals surface area contributed by atoms with Gasteiger partial charge in [0.2, 0.25) is 0 Å². The maximum absolute atomic E-state index is 9.87. The number of aliphatic carboxylic acids is 3. The van der Waals surface area contributed by atoms with Crippen molar-refractivity contribution in [2.75, 3.05) is 0 Å². The molecule has 6 nitrogen and oxygen atoms in total. The van der Waals surface area contributed by atoms with E-state index in [1.54, 1.807) is 0 Å². The van der Waals surface area contributed by atoms with Crippen LogP contribution in [0.25, 0.3) is 0 Å². The van der Waals surface area contributed by atoms with Gasteiger partial charge in [-0.2, -0.15) is 0 Å². The zero-order valence-electron chi connectivity index (χ0n) is 18.3. The van der Waals surface area contributed by atoms with Gasteiger partial charge in [-0.3, -0.25) is 14.4 Å². The first-order valence-electron chi connectivity index (χ1n) is 10.4. The van der Waals surface area contributed by atoms with E-state index in [0.717, 1.165) is 57.8 Å². The number of hydrogen-bond acceptors (Lipinski definition) is 3. The Kier molecular flexibility index (Phi) is 39.8. The minimum Gasteiger partial charge on any atom is -0.481 e. The third kappa shape index (κ3) is 67.9. The van der Waals surface area contributed by atoms with Crippen molar-refractivity contribution in [1.82, 2.24) is 0 Å². The molecule has 164 valence electrons. The molecule has 0 amide bonds. The second-order valence-electron chi connectivity index (χ2n) is 6.26. The predicted octanol–water partition coefficient (Wildman–Crippen LogP) is 4.74. The minimum atomic E-state index is -0.682. The molecule has 0 heterocycles. The van der Waals surface area contributed by atoms with E-state index in [-0.39, 0.29) is 0 Å². The molecule has 0 aromatic heterocycles. The standard InChI is InChI=1S/3C6H12O2.C2H8Si/c3*1-2-3-4-5-6(7)8;1-2-3/h3*2-5H2,1H3,(H,7,8);2H2,1,3H3. The molecule has 0 atom stereocenters. The Morgan fingerprint density at radius 1 is 0.556 bits per heavy atom. The Bertz CT molecular complexity index is 274. The van der Waals surface area contributed by atoms with Gasteiger partial charge in [-0.25, -0.2) is 0 Å². The molecular formula is C20H44O6Si. The van der Waals surface area contributed by atoms with E-state index in [2.05, 4.69) is 27.7 Å². The minimum absolute atomic E-state index is 0.327. The molecule has 27 heavy (non-hydrogen) atoms. The van der Waals surface area contributed by atoms with Crippen LogP contribution in [0.15, 0.2) is 0 Å². The number of rotatable bonds is 12. The lowest BCUT2D eigenvalue weighted by Crippen LogP contribution is -1.92. The quantitative estimate of drug-likeness (QED) is 0.317. The van der Waals surface area contributed by atoms with Crippen LogP contribution in [0.5, 0.6) is 0 Å². The third-order valence-electron chi connectivity index (χ3n) is 2.98. The number of unbranched alkanes of at least 4 members (excludes halogenated alkanes) is 6. The van der Waals surface area contributed by atoms with Gasteiger partial charge in [-0.1, -0.05) is 72.3 Å². The van der Waals surface area contributed by atoms with Gasteiger partial charge in [0, 0.05) is 29.5 Å². The molecule has 0 aliphatic rings. The first kappa shape index (κ1) is 33.2. The third-order valence-corrected chi connectivity index (χ3v) is 2.98. The van der Waals surface area contributed by atoms with Crippen LogP contribution >= 0.6 is 0 Å².